The quantitative estimate of drug-likeness (QED) is 0.398. The maximum atomic E-state index is 12.7. The van der Waals surface area contributed by atoms with Crippen LogP contribution < -0.4 is 5.32 Å². The van der Waals surface area contributed by atoms with E-state index >= 15 is 0 Å². The van der Waals surface area contributed by atoms with Gasteiger partial charge in [0.1, 0.15) is 12.4 Å². The average molecular weight is 516 g/mol. The molecule has 10 nitrogen and oxygen atoms in total. The van der Waals surface area contributed by atoms with Gasteiger partial charge in [0.05, 0.1) is 17.8 Å². The molecule has 1 unspecified atom stereocenters. The summed E-state index contributed by atoms with van der Waals surface area (Å²) in [5.74, 6) is -1.14. The van der Waals surface area contributed by atoms with Crippen molar-refractivity contribution in [1.82, 2.24) is 19.5 Å². The van der Waals surface area contributed by atoms with Crippen molar-refractivity contribution in [3.63, 3.8) is 0 Å². The number of hydrogen-bond acceptors (Lipinski definition) is 9. The van der Waals surface area contributed by atoms with Crippen LogP contribution in [0.1, 0.15) is 33.4 Å². The fourth-order valence-corrected chi connectivity index (χ4v) is 6.64. The summed E-state index contributed by atoms with van der Waals surface area (Å²) in [6.07, 6.45) is 2.20. The predicted molar refractivity (Wildman–Crippen MR) is 134 cm³/mol. The molecule has 0 bridgehead atoms. The van der Waals surface area contributed by atoms with E-state index in [-0.39, 0.29) is 29.2 Å². The number of thioether (sulfide) groups is 1. The molecular weight excluding hydrogens is 494 g/mol. The monoisotopic (exact) mass is 515 g/mol. The van der Waals surface area contributed by atoms with Crippen LogP contribution in [-0.4, -0.2) is 58.9 Å². The van der Waals surface area contributed by atoms with Gasteiger partial charge in [-0.1, -0.05) is 60.3 Å². The van der Waals surface area contributed by atoms with E-state index in [1.165, 1.54) is 18.1 Å². The molecule has 0 radical (unpaired) electrons. The lowest BCUT2D eigenvalue weighted by molar-refractivity contribution is -0.427. The first-order chi connectivity index (χ1) is 18.0. The highest BCUT2D eigenvalue weighted by Crippen LogP contribution is 2.69. The minimum atomic E-state index is -1.24. The van der Waals surface area contributed by atoms with Crippen LogP contribution in [-0.2, 0) is 9.47 Å². The maximum Gasteiger partial charge on any atom is 0.256 e. The van der Waals surface area contributed by atoms with Crippen molar-refractivity contribution < 1.29 is 24.2 Å². The van der Waals surface area contributed by atoms with Crippen LogP contribution in [0.15, 0.2) is 73.3 Å². The molecule has 11 heteroatoms. The lowest BCUT2D eigenvalue weighted by Crippen LogP contribution is -2.77. The summed E-state index contributed by atoms with van der Waals surface area (Å²) in [6.45, 7) is 0. The summed E-state index contributed by atoms with van der Waals surface area (Å²) in [4.78, 5) is 38.4. The second-order valence-electron chi connectivity index (χ2n) is 9.46. The van der Waals surface area contributed by atoms with Crippen LogP contribution in [0.5, 0.6) is 0 Å². The number of benzene rings is 2. The fourth-order valence-electron chi connectivity index (χ4n) is 5.61. The lowest BCUT2D eigenvalue weighted by atomic mass is 9.60. The van der Waals surface area contributed by atoms with Gasteiger partial charge >= 0.3 is 0 Å². The fraction of sp³-hybridized carbons (Fsp3) is 0.269. The van der Waals surface area contributed by atoms with Crippen molar-refractivity contribution in [3.05, 3.63) is 84.4 Å². The SMILES string of the molecule is O=C(Nc1ncnc2c1ncn2[C@@H]1O[C@@]2(CSC(=O)c3ccccc3)C[C@@]3(O)O[C@H]1C23)c1ccccc1. The molecule has 3 aliphatic rings. The Balaban J connectivity index is 1.14. The molecule has 1 amide bonds. The summed E-state index contributed by atoms with van der Waals surface area (Å²) in [5.41, 5.74) is 1.29. The van der Waals surface area contributed by atoms with Crippen molar-refractivity contribution in [2.24, 2.45) is 5.92 Å². The number of amides is 1. The van der Waals surface area contributed by atoms with Crippen molar-refractivity contribution in [2.45, 2.75) is 30.1 Å². The number of aliphatic hydroxyl groups is 1. The Bertz CT molecular complexity index is 1530. The van der Waals surface area contributed by atoms with Crippen molar-refractivity contribution >= 4 is 39.8 Å². The molecule has 2 aromatic carbocycles. The minimum absolute atomic E-state index is 0.0473. The number of carbonyl (C=O) groups excluding carboxylic acids is 2. The Morgan fingerprint density at radius 3 is 2.49 bits per heavy atom. The highest BCUT2D eigenvalue weighted by molar-refractivity contribution is 8.14. The molecular formula is C26H21N5O5S. The number of fused-ring (bicyclic) bond motifs is 1. The number of nitrogens with zero attached hydrogens (tertiary/aromatic N) is 4. The third kappa shape index (κ3) is 3.42. The summed E-state index contributed by atoms with van der Waals surface area (Å²) < 4.78 is 14.1. The maximum absolute atomic E-state index is 12.7. The van der Waals surface area contributed by atoms with Crippen LogP contribution in [0.2, 0.25) is 0 Å². The number of imidazole rings is 1. The van der Waals surface area contributed by atoms with Crippen LogP contribution in [0.4, 0.5) is 5.82 Å². The standard InChI is InChI=1S/C26H21N5O5S/c32-22(15-7-3-1-4-8-15)30-20-17-21(28-13-27-20)31(14-29-17)23-18-19-25(36-23,11-26(19,34)35-18)12-37-24(33)16-9-5-2-6-10-16/h1-10,13-14,18-19,23,34H,11-12H2,(H,27,28,30,32)/t18-,19?,23+,25+,26+/m0/s1. The van der Waals surface area contributed by atoms with Gasteiger partial charge in [0.2, 0.25) is 5.12 Å². The van der Waals surface area contributed by atoms with E-state index in [2.05, 4.69) is 20.3 Å². The van der Waals surface area contributed by atoms with Gasteiger partial charge in [0, 0.05) is 23.3 Å². The Morgan fingerprint density at radius 2 is 1.76 bits per heavy atom. The lowest BCUT2D eigenvalue weighted by Gasteiger charge is -2.62. The molecule has 2 aliphatic heterocycles. The molecule has 2 aromatic heterocycles. The second-order valence-corrected chi connectivity index (χ2v) is 10.4. The molecule has 4 heterocycles. The molecule has 2 N–H and O–H groups in total. The molecule has 1 saturated carbocycles. The van der Waals surface area contributed by atoms with Gasteiger partial charge in [0.15, 0.2) is 29.0 Å². The highest BCUT2D eigenvalue weighted by Gasteiger charge is 2.81. The summed E-state index contributed by atoms with van der Waals surface area (Å²) in [7, 11) is 0. The van der Waals surface area contributed by atoms with Gasteiger partial charge in [-0.05, 0) is 12.1 Å². The number of aromatic nitrogens is 4. The molecule has 2 saturated heterocycles. The van der Waals surface area contributed by atoms with E-state index in [1.807, 2.05) is 24.3 Å². The van der Waals surface area contributed by atoms with Gasteiger partial charge in [-0.2, -0.15) is 0 Å². The first-order valence-corrected chi connectivity index (χ1v) is 12.8. The van der Waals surface area contributed by atoms with Gasteiger partial charge in [-0.15, -0.1) is 0 Å². The summed E-state index contributed by atoms with van der Waals surface area (Å²) >= 11 is 1.18. The minimum Gasteiger partial charge on any atom is -0.365 e. The average Bonchev–Trinajstić information content (AvgIpc) is 3.39. The van der Waals surface area contributed by atoms with E-state index in [4.69, 9.17) is 9.47 Å². The summed E-state index contributed by atoms with van der Waals surface area (Å²) in [5, 5.41) is 13.5. The van der Waals surface area contributed by atoms with E-state index in [1.54, 1.807) is 47.3 Å². The smallest absolute Gasteiger partial charge is 0.256 e. The van der Waals surface area contributed by atoms with E-state index in [9.17, 15) is 14.7 Å². The van der Waals surface area contributed by atoms with Crippen molar-refractivity contribution in [3.8, 4) is 0 Å². The van der Waals surface area contributed by atoms with Crippen LogP contribution >= 0.6 is 11.8 Å². The third-order valence-electron chi connectivity index (χ3n) is 7.27. The van der Waals surface area contributed by atoms with Crippen molar-refractivity contribution in [2.75, 3.05) is 11.1 Å². The summed E-state index contributed by atoms with van der Waals surface area (Å²) in [6, 6.07) is 17.9. The number of hydrogen-bond donors (Lipinski definition) is 2. The van der Waals surface area contributed by atoms with Gasteiger partial charge in [-0.25, -0.2) is 15.0 Å². The Labute approximate surface area is 215 Å². The molecule has 4 aromatic rings. The molecule has 1 aliphatic carbocycles. The number of carbonyl (C=O) groups is 2. The van der Waals surface area contributed by atoms with Crippen LogP contribution in [0.25, 0.3) is 11.2 Å². The zero-order chi connectivity index (χ0) is 25.2. The predicted octanol–water partition coefficient (Wildman–Crippen LogP) is 3.03. The van der Waals surface area contributed by atoms with E-state index < -0.39 is 23.7 Å². The largest absolute Gasteiger partial charge is 0.365 e. The number of rotatable bonds is 6. The first kappa shape index (κ1) is 22.5. The zero-order valence-corrected chi connectivity index (χ0v) is 20.2. The van der Waals surface area contributed by atoms with Crippen LogP contribution in [0.3, 0.4) is 0 Å². The normalized spacial score (nSPS) is 29.3. The first-order valence-electron chi connectivity index (χ1n) is 11.8. The Kier molecular flexibility index (Phi) is 4.99. The van der Waals surface area contributed by atoms with E-state index in [0.29, 0.717) is 28.0 Å². The second kappa shape index (κ2) is 8.18. The molecule has 0 spiro atoms. The van der Waals surface area contributed by atoms with Gasteiger partial charge < -0.3 is 19.9 Å². The van der Waals surface area contributed by atoms with Gasteiger partial charge in [0.25, 0.3) is 5.91 Å². The van der Waals surface area contributed by atoms with Crippen LogP contribution in [0, 0.1) is 5.92 Å². The van der Waals surface area contributed by atoms with Crippen molar-refractivity contribution in [1.29, 1.82) is 0 Å². The number of anilines is 1. The Hall–Kier alpha value is -3.64. The van der Waals surface area contributed by atoms with Gasteiger partial charge in [-0.3, -0.25) is 14.2 Å². The molecule has 5 atom stereocenters. The number of ether oxygens (including phenoxy) is 2. The number of nitrogens with one attached hydrogen (secondary N) is 1. The third-order valence-corrected chi connectivity index (χ3v) is 8.40. The molecule has 186 valence electrons. The molecule has 37 heavy (non-hydrogen) atoms. The molecule has 7 rings (SSSR count). The highest BCUT2D eigenvalue weighted by atomic mass is 32.2. The topological polar surface area (TPSA) is 128 Å². The zero-order valence-electron chi connectivity index (χ0n) is 19.4. The van der Waals surface area contributed by atoms with E-state index in [0.717, 1.165) is 0 Å². The molecule has 3 fully saturated rings. The Morgan fingerprint density at radius 1 is 1.03 bits per heavy atom.